The van der Waals surface area contributed by atoms with Crippen molar-refractivity contribution in [3.05, 3.63) is 34.5 Å². The first kappa shape index (κ1) is 19.2. The van der Waals surface area contributed by atoms with Gasteiger partial charge in [0.05, 0.1) is 12.0 Å². The number of nitrogens with one attached hydrogen (secondary N) is 3. The predicted molar refractivity (Wildman–Crippen MR) is 100 cm³/mol. The Morgan fingerprint density at radius 2 is 2.14 bits per heavy atom. The molecule has 1 amide bonds. The highest BCUT2D eigenvalue weighted by molar-refractivity contribution is 7.80. The van der Waals surface area contributed by atoms with Crippen LogP contribution in [0, 0.1) is 10.1 Å². The van der Waals surface area contributed by atoms with E-state index in [0.29, 0.717) is 17.2 Å². The molecule has 0 radical (unpaired) electrons. The van der Waals surface area contributed by atoms with Crippen LogP contribution in [0.2, 0.25) is 0 Å². The Labute approximate surface area is 163 Å². The Kier molecular flexibility index (Phi) is 5.44. The Bertz CT molecular complexity index is 932. The number of rotatable bonds is 5. The molecule has 0 saturated heterocycles. The van der Waals surface area contributed by atoms with Gasteiger partial charge < -0.3 is 19.5 Å². The van der Waals surface area contributed by atoms with Gasteiger partial charge in [-0.1, -0.05) is 0 Å². The van der Waals surface area contributed by atoms with Crippen molar-refractivity contribution in [1.29, 1.82) is 0 Å². The summed E-state index contributed by atoms with van der Waals surface area (Å²) in [6, 6.07) is 4.31. The van der Waals surface area contributed by atoms with E-state index in [1.54, 1.807) is 18.2 Å². The predicted octanol–water partition coefficient (Wildman–Crippen LogP) is 1.11. The molecule has 1 aromatic carbocycles. The van der Waals surface area contributed by atoms with Gasteiger partial charge in [-0.15, -0.1) is 5.10 Å². The number of carbonyl (C=O) groups is 1. The highest BCUT2D eigenvalue weighted by atomic mass is 32.1. The minimum Gasteiger partial charge on any atom is -0.475 e. The molecule has 28 heavy (non-hydrogen) atoms. The topological polar surface area (TPSA) is 142 Å². The molecule has 13 heteroatoms. The summed E-state index contributed by atoms with van der Waals surface area (Å²) < 4.78 is 16.5. The molecule has 0 spiro atoms. The van der Waals surface area contributed by atoms with Crippen molar-refractivity contribution >= 4 is 34.6 Å². The maximum atomic E-state index is 12.3. The largest absolute Gasteiger partial charge is 0.475 e. The summed E-state index contributed by atoms with van der Waals surface area (Å²) in [5.41, 5.74) is 5.26. The Balaban J connectivity index is 1.56. The number of anilines is 1. The molecule has 0 saturated carbocycles. The van der Waals surface area contributed by atoms with Crippen LogP contribution in [0.5, 0.6) is 17.4 Å². The van der Waals surface area contributed by atoms with Crippen LogP contribution in [-0.4, -0.2) is 39.6 Å². The molecule has 0 bridgehead atoms. The van der Waals surface area contributed by atoms with Crippen LogP contribution in [0.25, 0.3) is 0 Å². The van der Waals surface area contributed by atoms with Gasteiger partial charge >= 0.3 is 11.6 Å². The molecule has 3 N–H and O–H groups in total. The van der Waals surface area contributed by atoms with E-state index in [9.17, 15) is 14.9 Å². The summed E-state index contributed by atoms with van der Waals surface area (Å²) in [7, 11) is 1.26. The van der Waals surface area contributed by atoms with Crippen molar-refractivity contribution in [1.82, 2.24) is 20.6 Å². The standard InChI is InChI=1S/C15H16N6O6S/c1-8(20-6-10(21(23)24)14(19-20)25-2)13(22)17-18-15(28)16-9-3-4-11-12(5-9)27-7-26-11/h3-6,8H,7H2,1-2H3,(H,17,22)(H2,16,18,28)/t8-/m1/s1. The molecule has 0 fully saturated rings. The van der Waals surface area contributed by atoms with Crippen molar-refractivity contribution in [3.63, 3.8) is 0 Å². The van der Waals surface area contributed by atoms with E-state index < -0.39 is 16.9 Å². The smallest absolute Gasteiger partial charge is 0.350 e. The number of carbonyl (C=O) groups excluding carboxylic acids is 1. The minimum atomic E-state index is -0.858. The van der Waals surface area contributed by atoms with Crippen molar-refractivity contribution in [2.24, 2.45) is 0 Å². The van der Waals surface area contributed by atoms with Gasteiger partial charge in [0, 0.05) is 11.8 Å². The molecule has 2 aromatic rings. The number of hydrogen-bond acceptors (Lipinski definition) is 8. The van der Waals surface area contributed by atoms with E-state index in [-0.39, 0.29) is 23.5 Å². The van der Waals surface area contributed by atoms with Gasteiger partial charge in [-0.2, -0.15) is 0 Å². The first-order chi connectivity index (χ1) is 13.4. The molecule has 1 atom stereocenters. The second-order valence-electron chi connectivity index (χ2n) is 5.57. The third kappa shape index (κ3) is 4.03. The molecular weight excluding hydrogens is 392 g/mol. The number of benzene rings is 1. The van der Waals surface area contributed by atoms with Crippen LogP contribution >= 0.6 is 12.2 Å². The van der Waals surface area contributed by atoms with E-state index >= 15 is 0 Å². The highest BCUT2D eigenvalue weighted by Crippen LogP contribution is 2.34. The van der Waals surface area contributed by atoms with Crippen LogP contribution in [0.3, 0.4) is 0 Å². The summed E-state index contributed by atoms with van der Waals surface area (Å²) >= 11 is 5.12. The summed E-state index contributed by atoms with van der Waals surface area (Å²) in [6.45, 7) is 1.67. The SMILES string of the molecule is COc1nn([C@H](C)C(=O)NNC(=S)Nc2ccc3c(c2)OCO3)cc1[N+](=O)[O-]. The summed E-state index contributed by atoms with van der Waals surface area (Å²) in [6.07, 6.45) is 1.12. The van der Waals surface area contributed by atoms with Gasteiger partial charge in [0.25, 0.3) is 5.91 Å². The Hall–Kier alpha value is -3.61. The Morgan fingerprint density at radius 1 is 1.39 bits per heavy atom. The minimum absolute atomic E-state index is 0.128. The lowest BCUT2D eigenvalue weighted by molar-refractivity contribution is -0.385. The number of methoxy groups -OCH3 is 1. The fourth-order valence-corrected chi connectivity index (χ4v) is 2.48. The van der Waals surface area contributed by atoms with Crippen LogP contribution in [0.4, 0.5) is 11.4 Å². The Morgan fingerprint density at radius 3 is 2.82 bits per heavy atom. The van der Waals surface area contributed by atoms with Crippen LogP contribution < -0.4 is 30.4 Å². The normalized spacial score (nSPS) is 12.8. The van der Waals surface area contributed by atoms with Crippen molar-refractivity contribution < 1.29 is 23.9 Å². The van der Waals surface area contributed by atoms with E-state index in [4.69, 9.17) is 26.4 Å². The third-order valence-corrected chi connectivity index (χ3v) is 3.98. The molecule has 0 aliphatic carbocycles. The highest BCUT2D eigenvalue weighted by Gasteiger charge is 2.25. The average molecular weight is 408 g/mol. The number of aromatic nitrogens is 2. The van der Waals surface area contributed by atoms with Crippen molar-refractivity contribution in [3.8, 4) is 17.4 Å². The third-order valence-electron chi connectivity index (χ3n) is 3.78. The van der Waals surface area contributed by atoms with Gasteiger partial charge in [-0.3, -0.25) is 25.8 Å². The zero-order valence-electron chi connectivity index (χ0n) is 14.8. The first-order valence-corrected chi connectivity index (χ1v) is 8.34. The van der Waals surface area contributed by atoms with E-state index in [2.05, 4.69) is 21.3 Å². The lowest BCUT2D eigenvalue weighted by Crippen LogP contribution is -2.46. The van der Waals surface area contributed by atoms with Crippen molar-refractivity contribution in [2.45, 2.75) is 13.0 Å². The molecule has 1 aromatic heterocycles. The summed E-state index contributed by atoms with van der Waals surface area (Å²) in [5.74, 6) is 0.516. The molecule has 2 heterocycles. The number of nitrogens with zero attached hydrogens (tertiary/aromatic N) is 3. The number of ether oxygens (including phenoxy) is 3. The molecule has 12 nitrogen and oxygen atoms in total. The van der Waals surface area contributed by atoms with Gasteiger partial charge in [0.15, 0.2) is 16.6 Å². The number of hydrogen-bond donors (Lipinski definition) is 3. The fourth-order valence-electron chi connectivity index (χ4n) is 2.31. The molecular formula is C15H16N6O6S. The number of hydrazine groups is 1. The number of fused-ring (bicyclic) bond motifs is 1. The lowest BCUT2D eigenvalue weighted by Gasteiger charge is -2.15. The first-order valence-electron chi connectivity index (χ1n) is 7.93. The van der Waals surface area contributed by atoms with E-state index in [0.717, 1.165) is 10.9 Å². The maximum absolute atomic E-state index is 12.3. The number of amides is 1. The van der Waals surface area contributed by atoms with E-state index in [1.807, 2.05) is 0 Å². The lowest BCUT2D eigenvalue weighted by atomic mass is 10.3. The monoisotopic (exact) mass is 408 g/mol. The fraction of sp³-hybridized carbons (Fsp3) is 0.267. The molecule has 148 valence electrons. The zero-order valence-corrected chi connectivity index (χ0v) is 15.6. The quantitative estimate of drug-likeness (QED) is 0.374. The molecule has 1 aliphatic rings. The van der Waals surface area contributed by atoms with Gasteiger partial charge in [-0.25, -0.2) is 4.68 Å². The molecule has 1 aliphatic heterocycles. The average Bonchev–Trinajstić information content (AvgIpc) is 3.31. The number of nitro groups is 1. The molecule has 0 unspecified atom stereocenters. The zero-order chi connectivity index (χ0) is 20.3. The summed E-state index contributed by atoms with van der Waals surface area (Å²) in [4.78, 5) is 22.6. The molecule has 3 rings (SSSR count). The van der Waals surface area contributed by atoms with Crippen LogP contribution in [0.15, 0.2) is 24.4 Å². The van der Waals surface area contributed by atoms with Gasteiger partial charge in [0.2, 0.25) is 6.79 Å². The second kappa shape index (κ2) is 7.96. The van der Waals surface area contributed by atoms with E-state index in [1.165, 1.54) is 14.0 Å². The van der Waals surface area contributed by atoms with Crippen LogP contribution in [0.1, 0.15) is 13.0 Å². The van der Waals surface area contributed by atoms with Crippen molar-refractivity contribution in [2.75, 3.05) is 19.2 Å². The second-order valence-corrected chi connectivity index (χ2v) is 5.98. The van der Waals surface area contributed by atoms with Crippen LogP contribution in [-0.2, 0) is 4.79 Å². The summed E-state index contributed by atoms with van der Waals surface area (Å²) in [5, 5.41) is 17.9. The maximum Gasteiger partial charge on any atom is 0.350 e. The van der Waals surface area contributed by atoms with Gasteiger partial charge in [-0.05, 0) is 31.3 Å². The van der Waals surface area contributed by atoms with Gasteiger partial charge in [0.1, 0.15) is 12.2 Å². The number of thiocarbonyl (C=S) groups is 1.